The Morgan fingerprint density at radius 3 is 2.67 bits per heavy atom. The van der Waals surface area contributed by atoms with E-state index in [9.17, 15) is 9.50 Å². The molecule has 1 N–H and O–H groups in total. The smallest absolute Gasteiger partial charge is 0.124 e. The molecular weight excluding hydrogens is 251 g/mol. The van der Waals surface area contributed by atoms with Gasteiger partial charge in [0.05, 0.1) is 6.10 Å². The van der Waals surface area contributed by atoms with E-state index in [1.807, 2.05) is 0 Å². The molecule has 3 heteroatoms. The number of hydrogen-bond acceptors (Lipinski definition) is 1. The molecule has 1 unspecified atom stereocenters. The number of hydrogen-bond donors (Lipinski definition) is 1. The van der Waals surface area contributed by atoms with Gasteiger partial charge >= 0.3 is 0 Å². The molecule has 0 spiro atoms. The van der Waals surface area contributed by atoms with Gasteiger partial charge in [-0.2, -0.15) is 0 Å². The van der Waals surface area contributed by atoms with Crippen LogP contribution in [0.5, 0.6) is 0 Å². The van der Waals surface area contributed by atoms with Crippen LogP contribution in [-0.2, 0) is 6.42 Å². The molecule has 1 aliphatic rings. The standard InChI is InChI=1S/C15H20ClFO/c16-15-10-13(17)7-6-12(15)9-14(18)8-11-4-2-1-3-5-11/h6-7,10-11,14,18H,1-5,8-9H2. The summed E-state index contributed by atoms with van der Waals surface area (Å²) >= 11 is 5.97. The van der Waals surface area contributed by atoms with Crippen molar-refractivity contribution in [3.8, 4) is 0 Å². The molecule has 1 fully saturated rings. The normalized spacial score (nSPS) is 18.8. The largest absolute Gasteiger partial charge is 0.393 e. The van der Waals surface area contributed by atoms with Crippen LogP contribution in [0.25, 0.3) is 0 Å². The van der Waals surface area contributed by atoms with Gasteiger partial charge < -0.3 is 5.11 Å². The molecule has 0 amide bonds. The fourth-order valence-electron chi connectivity index (χ4n) is 2.83. The lowest BCUT2D eigenvalue weighted by atomic mass is 9.84. The van der Waals surface area contributed by atoms with Crippen LogP contribution in [0.4, 0.5) is 4.39 Å². The third-order valence-electron chi connectivity index (χ3n) is 3.80. The quantitative estimate of drug-likeness (QED) is 0.862. The molecular formula is C15H20ClFO. The van der Waals surface area contributed by atoms with E-state index in [1.165, 1.54) is 44.2 Å². The Bertz CT molecular complexity index is 388. The van der Waals surface area contributed by atoms with Gasteiger partial charge in [0.25, 0.3) is 0 Å². The molecule has 1 saturated carbocycles. The van der Waals surface area contributed by atoms with Crippen LogP contribution in [-0.4, -0.2) is 11.2 Å². The minimum absolute atomic E-state index is 0.328. The Balaban J connectivity index is 1.87. The van der Waals surface area contributed by atoms with Crippen LogP contribution in [0.3, 0.4) is 0 Å². The molecule has 0 aromatic heterocycles. The fourth-order valence-corrected chi connectivity index (χ4v) is 3.08. The van der Waals surface area contributed by atoms with Crippen molar-refractivity contribution < 1.29 is 9.50 Å². The van der Waals surface area contributed by atoms with Gasteiger partial charge in [-0.15, -0.1) is 0 Å². The van der Waals surface area contributed by atoms with Crippen molar-refractivity contribution in [1.82, 2.24) is 0 Å². The summed E-state index contributed by atoms with van der Waals surface area (Å²) in [6, 6.07) is 4.38. The summed E-state index contributed by atoms with van der Waals surface area (Å²) in [7, 11) is 0. The third-order valence-corrected chi connectivity index (χ3v) is 4.15. The first-order valence-corrected chi connectivity index (χ1v) is 7.15. The lowest BCUT2D eigenvalue weighted by Crippen LogP contribution is -2.18. The van der Waals surface area contributed by atoms with Gasteiger partial charge in [-0.3, -0.25) is 0 Å². The summed E-state index contributed by atoms with van der Waals surface area (Å²) in [5.41, 5.74) is 0.835. The van der Waals surface area contributed by atoms with Crippen molar-refractivity contribution in [2.75, 3.05) is 0 Å². The zero-order valence-electron chi connectivity index (χ0n) is 10.5. The molecule has 1 nitrogen and oxygen atoms in total. The second kappa shape index (κ2) is 6.53. The first kappa shape index (κ1) is 13.8. The maximum absolute atomic E-state index is 12.9. The highest BCUT2D eigenvalue weighted by Gasteiger charge is 2.18. The van der Waals surface area contributed by atoms with Gasteiger partial charge in [0, 0.05) is 5.02 Å². The highest BCUT2D eigenvalue weighted by atomic mass is 35.5. The Labute approximate surface area is 113 Å². The number of aliphatic hydroxyl groups is 1. The van der Waals surface area contributed by atoms with Gasteiger partial charge in [0.15, 0.2) is 0 Å². The van der Waals surface area contributed by atoms with E-state index >= 15 is 0 Å². The highest BCUT2D eigenvalue weighted by molar-refractivity contribution is 6.31. The predicted octanol–water partition coefficient (Wildman–Crippen LogP) is 4.35. The summed E-state index contributed by atoms with van der Waals surface area (Å²) in [6.45, 7) is 0. The molecule has 100 valence electrons. The Hall–Kier alpha value is -0.600. The molecule has 1 aromatic rings. The SMILES string of the molecule is OC(Cc1ccc(F)cc1Cl)CC1CCCCC1. The molecule has 0 bridgehead atoms. The Morgan fingerprint density at radius 2 is 2.00 bits per heavy atom. The zero-order chi connectivity index (χ0) is 13.0. The third kappa shape index (κ3) is 3.96. The van der Waals surface area contributed by atoms with Gasteiger partial charge in [0.2, 0.25) is 0 Å². The summed E-state index contributed by atoms with van der Waals surface area (Å²) in [4.78, 5) is 0. The van der Waals surface area contributed by atoms with Crippen molar-refractivity contribution in [3.63, 3.8) is 0 Å². The Morgan fingerprint density at radius 1 is 1.28 bits per heavy atom. The van der Waals surface area contributed by atoms with Gasteiger partial charge in [-0.25, -0.2) is 4.39 Å². The van der Waals surface area contributed by atoms with E-state index in [0.29, 0.717) is 17.4 Å². The lowest BCUT2D eigenvalue weighted by Gasteiger charge is -2.24. The molecule has 2 rings (SSSR count). The summed E-state index contributed by atoms with van der Waals surface area (Å²) in [6.07, 6.45) is 7.36. The fraction of sp³-hybridized carbons (Fsp3) is 0.600. The molecule has 0 radical (unpaired) electrons. The topological polar surface area (TPSA) is 20.2 Å². The minimum atomic E-state index is -0.365. The van der Waals surface area contributed by atoms with Crippen LogP contribution in [0.2, 0.25) is 5.02 Å². The van der Waals surface area contributed by atoms with Crippen molar-refractivity contribution in [2.24, 2.45) is 5.92 Å². The van der Waals surface area contributed by atoms with E-state index in [0.717, 1.165) is 12.0 Å². The second-order valence-corrected chi connectivity index (χ2v) is 5.74. The molecule has 0 heterocycles. The summed E-state index contributed by atoms with van der Waals surface area (Å²) < 4.78 is 12.9. The summed E-state index contributed by atoms with van der Waals surface area (Å²) in [5.74, 6) is 0.318. The average Bonchev–Trinajstić information content (AvgIpc) is 2.34. The van der Waals surface area contributed by atoms with Gasteiger partial charge in [-0.1, -0.05) is 49.8 Å². The van der Waals surface area contributed by atoms with Crippen LogP contribution >= 0.6 is 11.6 Å². The number of rotatable bonds is 4. The zero-order valence-corrected chi connectivity index (χ0v) is 11.3. The highest BCUT2D eigenvalue weighted by Crippen LogP contribution is 2.28. The van der Waals surface area contributed by atoms with Crippen LogP contribution in [0.15, 0.2) is 18.2 Å². The maximum atomic E-state index is 12.9. The number of aliphatic hydroxyl groups excluding tert-OH is 1. The Kier molecular flexibility index (Phi) is 5.02. The van der Waals surface area contributed by atoms with E-state index in [4.69, 9.17) is 11.6 Å². The minimum Gasteiger partial charge on any atom is -0.393 e. The lowest BCUT2D eigenvalue weighted by molar-refractivity contribution is 0.130. The maximum Gasteiger partial charge on any atom is 0.124 e. The van der Waals surface area contributed by atoms with Crippen LogP contribution in [0, 0.1) is 11.7 Å². The average molecular weight is 271 g/mol. The van der Waals surface area contributed by atoms with Crippen molar-refractivity contribution in [3.05, 3.63) is 34.6 Å². The first-order valence-electron chi connectivity index (χ1n) is 6.77. The molecule has 18 heavy (non-hydrogen) atoms. The van der Waals surface area contributed by atoms with Crippen molar-refractivity contribution >= 4 is 11.6 Å². The summed E-state index contributed by atoms with van der Waals surface area (Å²) in [5, 5.41) is 10.5. The van der Waals surface area contributed by atoms with Crippen molar-refractivity contribution in [1.29, 1.82) is 0 Å². The second-order valence-electron chi connectivity index (χ2n) is 5.33. The number of benzene rings is 1. The van der Waals surface area contributed by atoms with Crippen LogP contribution < -0.4 is 0 Å². The van der Waals surface area contributed by atoms with Gasteiger partial charge in [-0.05, 0) is 36.5 Å². The van der Waals surface area contributed by atoms with E-state index < -0.39 is 0 Å². The molecule has 0 aliphatic heterocycles. The van der Waals surface area contributed by atoms with E-state index in [2.05, 4.69) is 0 Å². The monoisotopic (exact) mass is 270 g/mol. The molecule has 1 aliphatic carbocycles. The predicted molar refractivity (Wildman–Crippen MR) is 72.3 cm³/mol. The molecule has 0 saturated heterocycles. The van der Waals surface area contributed by atoms with E-state index in [1.54, 1.807) is 6.07 Å². The van der Waals surface area contributed by atoms with Gasteiger partial charge in [0.1, 0.15) is 5.82 Å². The van der Waals surface area contributed by atoms with Crippen LogP contribution in [0.1, 0.15) is 44.1 Å². The number of halogens is 2. The first-order chi connectivity index (χ1) is 8.65. The van der Waals surface area contributed by atoms with Crippen molar-refractivity contribution in [2.45, 2.75) is 51.0 Å². The van der Waals surface area contributed by atoms with E-state index in [-0.39, 0.29) is 11.9 Å². The molecule has 1 aromatic carbocycles. The molecule has 1 atom stereocenters.